The van der Waals surface area contributed by atoms with Crippen LogP contribution in [-0.4, -0.2) is 34.6 Å². The first-order valence-electron chi connectivity index (χ1n) is 11.7. The third kappa shape index (κ3) is 4.63. The Bertz CT molecular complexity index is 1550. The van der Waals surface area contributed by atoms with E-state index in [2.05, 4.69) is 5.32 Å². The average Bonchev–Trinajstić information content (AvgIpc) is 3.33. The Morgan fingerprint density at radius 2 is 1.77 bits per heavy atom. The highest BCUT2D eigenvalue weighted by atomic mass is 32.2. The third-order valence-electron chi connectivity index (χ3n) is 6.81. The molecule has 39 heavy (non-hydrogen) atoms. The minimum Gasteiger partial charge on any atom is -0.497 e. The lowest BCUT2D eigenvalue weighted by molar-refractivity contribution is -0.137. The number of methoxy groups -OCH3 is 1. The maximum absolute atomic E-state index is 13.5. The van der Waals surface area contributed by atoms with Crippen LogP contribution in [-0.2, 0) is 32.5 Å². The number of rotatable bonds is 5. The zero-order valence-electron chi connectivity index (χ0n) is 20.9. The van der Waals surface area contributed by atoms with Crippen molar-refractivity contribution in [3.63, 3.8) is 0 Å². The van der Waals surface area contributed by atoms with E-state index in [1.165, 1.54) is 17.7 Å². The molecule has 0 radical (unpaired) electrons. The van der Waals surface area contributed by atoms with E-state index in [1.807, 2.05) is 0 Å². The summed E-state index contributed by atoms with van der Waals surface area (Å²) in [5.74, 6) is -2.06. The first kappa shape index (κ1) is 27.0. The van der Waals surface area contributed by atoms with Gasteiger partial charge >= 0.3 is 11.0 Å². The molecule has 0 bridgehead atoms. The van der Waals surface area contributed by atoms with Crippen LogP contribution in [0.25, 0.3) is 0 Å². The highest BCUT2D eigenvalue weighted by Crippen LogP contribution is 2.54. The van der Waals surface area contributed by atoms with Crippen LogP contribution in [0.1, 0.15) is 24.3 Å². The Morgan fingerprint density at radius 3 is 2.41 bits per heavy atom. The molecule has 5 rings (SSSR count). The Morgan fingerprint density at radius 1 is 1.08 bits per heavy atom. The molecule has 2 atom stereocenters. The molecule has 2 aromatic carbocycles. The van der Waals surface area contributed by atoms with Crippen LogP contribution < -0.4 is 19.8 Å². The Balaban J connectivity index is 1.45. The predicted octanol–water partition coefficient (Wildman–Crippen LogP) is 4.52. The SMILES string of the molecule is COc1ccc(NC(=O)Cn2c3c(sc2=O)C(C)(C)[C@H]2C(=O)N(c4cccc(C(F)(F)F)c4)C(=O)[C@H]2S3)cc1. The summed E-state index contributed by atoms with van der Waals surface area (Å²) >= 11 is 1.88. The van der Waals surface area contributed by atoms with Crippen LogP contribution >= 0.6 is 23.1 Å². The number of thioether (sulfide) groups is 1. The smallest absolute Gasteiger partial charge is 0.416 e. The number of benzene rings is 2. The van der Waals surface area contributed by atoms with Crippen LogP contribution in [0.4, 0.5) is 24.5 Å². The van der Waals surface area contributed by atoms with Crippen molar-refractivity contribution in [2.75, 3.05) is 17.3 Å². The van der Waals surface area contributed by atoms with Crippen LogP contribution in [0.3, 0.4) is 0 Å². The van der Waals surface area contributed by atoms with Crippen molar-refractivity contribution in [3.8, 4) is 5.75 Å². The Hall–Kier alpha value is -3.58. The van der Waals surface area contributed by atoms with E-state index in [4.69, 9.17) is 4.74 Å². The number of carbonyl (C=O) groups is 3. The molecule has 0 aliphatic carbocycles. The molecule has 1 saturated heterocycles. The molecule has 204 valence electrons. The highest BCUT2D eigenvalue weighted by molar-refractivity contribution is 8.00. The number of hydrogen-bond donors (Lipinski definition) is 1. The van der Waals surface area contributed by atoms with Crippen molar-refractivity contribution in [1.82, 2.24) is 4.57 Å². The van der Waals surface area contributed by atoms with Gasteiger partial charge in [0.05, 0.1) is 29.3 Å². The van der Waals surface area contributed by atoms with Gasteiger partial charge in [-0.15, -0.1) is 0 Å². The Labute approximate surface area is 228 Å². The van der Waals surface area contributed by atoms with Crippen molar-refractivity contribution in [3.05, 3.63) is 68.6 Å². The molecule has 8 nitrogen and oxygen atoms in total. The molecule has 3 aromatic rings. The van der Waals surface area contributed by atoms with Crippen molar-refractivity contribution < 1.29 is 32.3 Å². The molecule has 0 spiro atoms. The van der Waals surface area contributed by atoms with Gasteiger partial charge in [0.2, 0.25) is 17.7 Å². The van der Waals surface area contributed by atoms with Gasteiger partial charge in [0.25, 0.3) is 0 Å². The molecule has 13 heteroatoms. The molecule has 2 aliphatic heterocycles. The summed E-state index contributed by atoms with van der Waals surface area (Å²) in [6, 6.07) is 10.7. The van der Waals surface area contributed by atoms with Gasteiger partial charge in [0.1, 0.15) is 17.5 Å². The normalized spacial score (nSPS) is 20.0. The highest BCUT2D eigenvalue weighted by Gasteiger charge is 2.59. The van der Waals surface area contributed by atoms with E-state index in [0.717, 1.165) is 46.2 Å². The molecular formula is C26H22F3N3O5S2. The zero-order valence-corrected chi connectivity index (χ0v) is 22.5. The fourth-order valence-electron chi connectivity index (χ4n) is 4.86. The first-order valence-corrected chi connectivity index (χ1v) is 13.4. The summed E-state index contributed by atoms with van der Waals surface area (Å²) in [6.45, 7) is 3.13. The maximum atomic E-state index is 13.5. The lowest BCUT2D eigenvalue weighted by Gasteiger charge is -2.36. The average molecular weight is 578 g/mol. The predicted molar refractivity (Wildman–Crippen MR) is 140 cm³/mol. The number of ether oxygens (including phenoxy) is 1. The second kappa shape index (κ2) is 9.56. The first-order chi connectivity index (χ1) is 18.3. The fourth-order valence-corrected chi connectivity index (χ4v) is 7.90. The number of amides is 3. The molecule has 0 saturated carbocycles. The van der Waals surface area contributed by atoms with Gasteiger partial charge in [0.15, 0.2) is 0 Å². The minimum absolute atomic E-state index is 0.162. The maximum Gasteiger partial charge on any atom is 0.416 e. The van der Waals surface area contributed by atoms with E-state index in [1.54, 1.807) is 38.1 Å². The molecule has 3 heterocycles. The van der Waals surface area contributed by atoms with Gasteiger partial charge in [0, 0.05) is 16.0 Å². The number of alkyl halides is 3. The van der Waals surface area contributed by atoms with Crippen molar-refractivity contribution in [2.24, 2.45) is 5.92 Å². The van der Waals surface area contributed by atoms with Gasteiger partial charge in [-0.3, -0.25) is 23.7 Å². The van der Waals surface area contributed by atoms with Gasteiger partial charge in [-0.1, -0.05) is 43.0 Å². The summed E-state index contributed by atoms with van der Waals surface area (Å²) in [4.78, 5) is 53.7. The number of thiazole rings is 1. The zero-order chi connectivity index (χ0) is 28.3. The Kier molecular flexibility index (Phi) is 6.62. The summed E-state index contributed by atoms with van der Waals surface area (Å²) in [7, 11) is 1.52. The van der Waals surface area contributed by atoms with Crippen molar-refractivity contribution in [2.45, 2.75) is 42.3 Å². The molecule has 3 amide bonds. The third-order valence-corrected chi connectivity index (χ3v) is 9.63. The van der Waals surface area contributed by atoms with Gasteiger partial charge in [-0.25, -0.2) is 4.90 Å². The quantitative estimate of drug-likeness (QED) is 0.448. The molecule has 0 unspecified atom stereocenters. The number of carbonyl (C=O) groups excluding carboxylic acids is 3. The minimum atomic E-state index is -4.64. The monoisotopic (exact) mass is 577 g/mol. The number of aromatic nitrogens is 1. The lowest BCUT2D eigenvalue weighted by Crippen LogP contribution is -2.42. The molecule has 1 aromatic heterocycles. The standard InChI is InChI=1S/C26H22F3N3O5S2/c1-25(2)18-19(22(35)32(21(18)34)15-6-4-5-13(11-15)26(27,28)29)38-23-20(25)39-24(36)31(23)12-17(33)30-14-7-9-16(37-3)10-8-14/h4-11,18-19H,12H2,1-3H3,(H,30,33)/t18-,19+/m1/s1. The van der Waals surface area contributed by atoms with Crippen LogP contribution in [0.15, 0.2) is 58.4 Å². The number of anilines is 2. The van der Waals surface area contributed by atoms with E-state index in [-0.39, 0.29) is 12.2 Å². The van der Waals surface area contributed by atoms with Gasteiger partial charge in [-0.2, -0.15) is 13.2 Å². The molecule has 1 fully saturated rings. The summed E-state index contributed by atoms with van der Waals surface area (Å²) in [6.07, 6.45) is -4.64. The number of imide groups is 1. The van der Waals surface area contributed by atoms with Crippen LogP contribution in [0, 0.1) is 5.92 Å². The number of halogens is 3. The van der Waals surface area contributed by atoms with Gasteiger partial charge in [-0.05, 0) is 42.5 Å². The summed E-state index contributed by atoms with van der Waals surface area (Å²) in [5, 5.41) is 2.14. The topological polar surface area (TPSA) is 97.7 Å². The van der Waals surface area contributed by atoms with Gasteiger partial charge < -0.3 is 10.1 Å². The lowest BCUT2D eigenvalue weighted by atomic mass is 9.76. The van der Waals surface area contributed by atoms with E-state index in [0.29, 0.717) is 21.3 Å². The summed E-state index contributed by atoms with van der Waals surface area (Å²) < 4.78 is 46.3. The molecule has 2 aliphatic rings. The number of fused-ring (bicyclic) bond motifs is 2. The van der Waals surface area contributed by atoms with E-state index in [9.17, 15) is 32.3 Å². The van der Waals surface area contributed by atoms with Crippen LogP contribution in [0.5, 0.6) is 5.75 Å². The number of nitrogens with zero attached hydrogens (tertiary/aromatic N) is 2. The number of nitrogens with one attached hydrogen (secondary N) is 1. The second-order valence-electron chi connectivity index (χ2n) is 9.66. The molecule has 1 N–H and O–H groups in total. The van der Waals surface area contributed by atoms with Crippen molar-refractivity contribution >= 4 is 52.2 Å². The second-order valence-corrected chi connectivity index (χ2v) is 11.8. The number of hydrogen-bond acceptors (Lipinski definition) is 7. The van der Waals surface area contributed by atoms with E-state index < -0.39 is 50.9 Å². The fraction of sp³-hybridized carbons (Fsp3) is 0.308. The van der Waals surface area contributed by atoms with E-state index >= 15 is 0 Å². The summed E-state index contributed by atoms with van der Waals surface area (Å²) in [5.41, 5.74) is -1.63. The van der Waals surface area contributed by atoms with Crippen LogP contribution in [0.2, 0.25) is 0 Å². The molecular weight excluding hydrogens is 555 g/mol. The largest absolute Gasteiger partial charge is 0.497 e. The van der Waals surface area contributed by atoms with Crippen molar-refractivity contribution in [1.29, 1.82) is 0 Å².